The van der Waals surface area contributed by atoms with Crippen molar-refractivity contribution in [3.8, 4) is 22.9 Å². The Morgan fingerprint density at radius 2 is 1.86 bits per heavy atom. The predicted octanol–water partition coefficient (Wildman–Crippen LogP) is 5.71. The van der Waals surface area contributed by atoms with Gasteiger partial charge in [-0.25, -0.2) is 8.42 Å². The molecule has 2 heterocycles. The van der Waals surface area contributed by atoms with E-state index in [1.165, 1.54) is 10.6 Å². The van der Waals surface area contributed by atoms with Gasteiger partial charge >= 0.3 is 0 Å². The molecule has 0 spiro atoms. The molecule has 0 radical (unpaired) electrons. The Morgan fingerprint density at radius 1 is 1.14 bits per heavy atom. The summed E-state index contributed by atoms with van der Waals surface area (Å²) in [7, 11) is -3.23. The van der Waals surface area contributed by atoms with E-state index in [4.69, 9.17) is 16.3 Å². The number of hydrogen-bond donors (Lipinski definition) is 0. The standard InChI is InChI=1S/C28H30ClN3O3S/c1-5-12-35-27-21(16-30)14-24(15-25(27)29)28(2,3)23-8-6-19(7-9-23)22-13-20-10-11-32(36(4,33)34)18-26(20)31-17-22/h6-9,13-15,17H,5,10-12,18H2,1-4H3. The SMILES string of the molecule is CCCOc1c(Cl)cc(C(C)(C)c2ccc(-c3cnc4c(c3)CCN(S(C)(=O)=O)C4)cc2)cc1C#N. The highest BCUT2D eigenvalue weighted by molar-refractivity contribution is 7.88. The van der Waals surface area contributed by atoms with Gasteiger partial charge in [-0.2, -0.15) is 9.57 Å². The average molecular weight is 524 g/mol. The van der Waals surface area contributed by atoms with Gasteiger partial charge in [0, 0.05) is 23.7 Å². The molecule has 1 aliphatic heterocycles. The number of sulfonamides is 1. The van der Waals surface area contributed by atoms with Crippen molar-refractivity contribution in [2.24, 2.45) is 0 Å². The van der Waals surface area contributed by atoms with Gasteiger partial charge in [0.1, 0.15) is 6.07 Å². The number of nitriles is 1. The molecule has 0 aliphatic carbocycles. The lowest BCUT2D eigenvalue weighted by Crippen LogP contribution is -2.35. The Hall–Kier alpha value is -2.92. The molecule has 0 bridgehead atoms. The van der Waals surface area contributed by atoms with E-state index in [0.29, 0.717) is 42.5 Å². The molecule has 2 aromatic carbocycles. The summed E-state index contributed by atoms with van der Waals surface area (Å²) in [6, 6.07) is 16.4. The lowest BCUT2D eigenvalue weighted by molar-refractivity contribution is 0.316. The quantitative estimate of drug-likeness (QED) is 0.396. The third-order valence-electron chi connectivity index (χ3n) is 6.76. The molecule has 36 heavy (non-hydrogen) atoms. The van der Waals surface area contributed by atoms with E-state index < -0.39 is 10.0 Å². The van der Waals surface area contributed by atoms with Crippen LogP contribution in [-0.4, -0.2) is 37.1 Å². The Labute approximate surface area is 218 Å². The fraction of sp³-hybridized carbons (Fsp3) is 0.357. The molecule has 0 saturated heterocycles. The monoisotopic (exact) mass is 523 g/mol. The molecule has 0 unspecified atom stereocenters. The highest BCUT2D eigenvalue weighted by Gasteiger charge is 2.27. The minimum Gasteiger partial charge on any atom is -0.491 e. The van der Waals surface area contributed by atoms with Gasteiger partial charge in [-0.05, 0) is 53.3 Å². The normalized spacial score (nSPS) is 14.2. The topological polar surface area (TPSA) is 83.3 Å². The molecule has 0 fully saturated rings. The van der Waals surface area contributed by atoms with Crippen LogP contribution in [0.25, 0.3) is 11.1 Å². The van der Waals surface area contributed by atoms with Crippen molar-refractivity contribution in [2.45, 2.75) is 45.6 Å². The van der Waals surface area contributed by atoms with Gasteiger partial charge in [0.25, 0.3) is 0 Å². The van der Waals surface area contributed by atoms with Crippen molar-refractivity contribution < 1.29 is 13.2 Å². The summed E-state index contributed by atoms with van der Waals surface area (Å²) in [6.45, 7) is 7.52. The largest absolute Gasteiger partial charge is 0.491 e. The molecule has 1 aliphatic rings. The second kappa shape index (κ2) is 10.2. The zero-order valence-electron chi connectivity index (χ0n) is 21.0. The molecular weight excluding hydrogens is 494 g/mol. The predicted molar refractivity (Wildman–Crippen MR) is 143 cm³/mol. The van der Waals surface area contributed by atoms with Gasteiger partial charge in [-0.3, -0.25) is 4.98 Å². The van der Waals surface area contributed by atoms with Crippen LogP contribution in [0.15, 0.2) is 48.7 Å². The van der Waals surface area contributed by atoms with Crippen LogP contribution in [0.2, 0.25) is 5.02 Å². The van der Waals surface area contributed by atoms with Crippen LogP contribution in [0.5, 0.6) is 5.75 Å². The van der Waals surface area contributed by atoms with E-state index in [9.17, 15) is 13.7 Å². The van der Waals surface area contributed by atoms with Gasteiger partial charge in [-0.1, -0.05) is 56.6 Å². The molecule has 0 saturated carbocycles. The van der Waals surface area contributed by atoms with E-state index in [2.05, 4.69) is 55.2 Å². The number of rotatable bonds is 7. The first kappa shape index (κ1) is 26.2. The smallest absolute Gasteiger partial charge is 0.211 e. The Kier molecular flexibility index (Phi) is 7.42. The van der Waals surface area contributed by atoms with Gasteiger partial charge in [-0.15, -0.1) is 0 Å². The fourth-order valence-electron chi connectivity index (χ4n) is 4.46. The van der Waals surface area contributed by atoms with Crippen LogP contribution in [0.3, 0.4) is 0 Å². The van der Waals surface area contributed by atoms with Crippen molar-refractivity contribution in [3.05, 3.63) is 81.6 Å². The molecule has 6 nitrogen and oxygen atoms in total. The minimum atomic E-state index is -3.23. The van der Waals surface area contributed by atoms with E-state index in [0.717, 1.165) is 39.9 Å². The zero-order valence-corrected chi connectivity index (χ0v) is 22.6. The molecule has 1 aromatic heterocycles. The van der Waals surface area contributed by atoms with Crippen LogP contribution in [0.4, 0.5) is 0 Å². The Morgan fingerprint density at radius 3 is 2.50 bits per heavy atom. The maximum atomic E-state index is 11.9. The Balaban J connectivity index is 1.60. The molecule has 4 rings (SSSR count). The zero-order chi connectivity index (χ0) is 26.1. The first-order valence-corrected chi connectivity index (χ1v) is 14.2. The van der Waals surface area contributed by atoms with Crippen molar-refractivity contribution >= 4 is 21.6 Å². The summed E-state index contributed by atoms with van der Waals surface area (Å²) in [4.78, 5) is 4.57. The van der Waals surface area contributed by atoms with Crippen LogP contribution >= 0.6 is 11.6 Å². The van der Waals surface area contributed by atoms with Crippen molar-refractivity contribution in [1.29, 1.82) is 5.26 Å². The molecule has 0 N–H and O–H groups in total. The highest BCUT2D eigenvalue weighted by atomic mass is 35.5. The van der Waals surface area contributed by atoms with Crippen LogP contribution in [0, 0.1) is 11.3 Å². The summed E-state index contributed by atoms with van der Waals surface area (Å²) in [6.07, 6.45) is 4.52. The van der Waals surface area contributed by atoms with Crippen LogP contribution in [0.1, 0.15) is 55.1 Å². The van der Waals surface area contributed by atoms with Gasteiger partial charge < -0.3 is 4.74 Å². The number of halogens is 1. The summed E-state index contributed by atoms with van der Waals surface area (Å²) in [5, 5.41) is 10.1. The summed E-state index contributed by atoms with van der Waals surface area (Å²) in [5.74, 6) is 0.440. The number of ether oxygens (including phenoxy) is 1. The molecule has 3 aromatic rings. The van der Waals surface area contributed by atoms with Gasteiger partial charge in [0.2, 0.25) is 10.0 Å². The fourth-order valence-corrected chi connectivity index (χ4v) is 5.52. The van der Waals surface area contributed by atoms with Crippen molar-refractivity contribution in [2.75, 3.05) is 19.4 Å². The number of pyridine rings is 1. The highest BCUT2D eigenvalue weighted by Crippen LogP contribution is 2.39. The van der Waals surface area contributed by atoms with Crippen molar-refractivity contribution in [3.63, 3.8) is 0 Å². The Bertz CT molecular complexity index is 1430. The van der Waals surface area contributed by atoms with Crippen LogP contribution in [-0.2, 0) is 28.4 Å². The summed E-state index contributed by atoms with van der Waals surface area (Å²) >= 11 is 6.52. The summed E-state index contributed by atoms with van der Waals surface area (Å²) in [5.41, 5.74) is 6.00. The van der Waals surface area contributed by atoms with Gasteiger partial charge in [0.15, 0.2) is 5.75 Å². The number of benzene rings is 2. The lowest BCUT2D eigenvalue weighted by atomic mass is 9.77. The second-order valence-corrected chi connectivity index (χ2v) is 12.1. The lowest BCUT2D eigenvalue weighted by Gasteiger charge is -2.28. The summed E-state index contributed by atoms with van der Waals surface area (Å²) < 4.78 is 30.9. The molecule has 0 atom stereocenters. The molecule has 188 valence electrons. The van der Waals surface area contributed by atoms with Crippen molar-refractivity contribution in [1.82, 2.24) is 9.29 Å². The number of fused-ring (bicyclic) bond motifs is 1. The molecule has 8 heteroatoms. The van der Waals surface area contributed by atoms with Crippen LogP contribution < -0.4 is 4.74 Å². The third-order valence-corrected chi connectivity index (χ3v) is 8.29. The molecule has 0 amide bonds. The minimum absolute atomic E-state index is 0.317. The van der Waals surface area contributed by atoms with E-state index in [1.807, 2.05) is 19.1 Å². The maximum Gasteiger partial charge on any atom is 0.211 e. The van der Waals surface area contributed by atoms with E-state index in [-0.39, 0.29) is 5.41 Å². The third kappa shape index (κ3) is 5.27. The maximum absolute atomic E-state index is 11.9. The van der Waals surface area contributed by atoms with Gasteiger partial charge in [0.05, 0.1) is 35.7 Å². The number of aromatic nitrogens is 1. The average Bonchev–Trinajstić information content (AvgIpc) is 2.86. The first-order chi connectivity index (χ1) is 17.0. The van der Waals surface area contributed by atoms with E-state index in [1.54, 1.807) is 6.20 Å². The number of nitrogens with zero attached hydrogens (tertiary/aromatic N) is 3. The first-order valence-electron chi connectivity index (χ1n) is 12.0. The second-order valence-electron chi connectivity index (χ2n) is 9.67. The molecular formula is C28H30ClN3O3S. The number of hydrogen-bond acceptors (Lipinski definition) is 5. The van der Waals surface area contributed by atoms with E-state index >= 15 is 0 Å².